The largest absolute Gasteiger partial charge is 0.346 e. The highest BCUT2D eigenvalue weighted by atomic mass is 32.1. The SMILES string of the molecule is CCC(CCN)N1CCN(c2nccs2)CC1. The van der Waals surface area contributed by atoms with E-state index in [0.29, 0.717) is 6.04 Å². The van der Waals surface area contributed by atoms with Crippen molar-refractivity contribution < 1.29 is 0 Å². The van der Waals surface area contributed by atoms with E-state index in [1.807, 2.05) is 11.6 Å². The summed E-state index contributed by atoms with van der Waals surface area (Å²) in [4.78, 5) is 9.34. The number of aromatic nitrogens is 1. The van der Waals surface area contributed by atoms with Crippen molar-refractivity contribution in [3.63, 3.8) is 0 Å². The van der Waals surface area contributed by atoms with E-state index in [1.54, 1.807) is 11.3 Å². The minimum Gasteiger partial charge on any atom is -0.346 e. The van der Waals surface area contributed by atoms with Gasteiger partial charge in [0, 0.05) is 43.8 Å². The number of anilines is 1. The second-order valence-electron chi connectivity index (χ2n) is 4.48. The fourth-order valence-corrected chi connectivity index (χ4v) is 3.18. The van der Waals surface area contributed by atoms with Crippen molar-refractivity contribution in [1.82, 2.24) is 9.88 Å². The van der Waals surface area contributed by atoms with Crippen LogP contribution in [0.4, 0.5) is 5.13 Å². The van der Waals surface area contributed by atoms with E-state index in [2.05, 4.69) is 21.7 Å². The van der Waals surface area contributed by atoms with Crippen LogP contribution >= 0.6 is 11.3 Å². The van der Waals surface area contributed by atoms with E-state index in [9.17, 15) is 0 Å². The lowest BCUT2D eigenvalue weighted by atomic mass is 10.1. The van der Waals surface area contributed by atoms with Gasteiger partial charge in [-0.3, -0.25) is 4.90 Å². The van der Waals surface area contributed by atoms with Gasteiger partial charge in [0.2, 0.25) is 0 Å². The standard InChI is InChI=1S/C12H22N4S/c1-2-11(3-4-13)15-6-8-16(9-7-15)12-14-5-10-17-12/h5,10-11H,2-4,6-9,13H2,1H3. The average molecular weight is 254 g/mol. The number of thiazole rings is 1. The zero-order valence-electron chi connectivity index (χ0n) is 10.5. The van der Waals surface area contributed by atoms with Gasteiger partial charge in [-0.15, -0.1) is 11.3 Å². The number of rotatable bonds is 5. The molecule has 17 heavy (non-hydrogen) atoms. The van der Waals surface area contributed by atoms with Gasteiger partial charge in [-0.1, -0.05) is 6.92 Å². The van der Waals surface area contributed by atoms with E-state index in [1.165, 1.54) is 6.42 Å². The lowest BCUT2D eigenvalue weighted by Gasteiger charge is -2.39. The predicted molar refractivity (Wildman–Crippen MR) is 73.7 cm³/mol. The van der Waals surface area contributed by atoms with Crippen molar-refractivity contribution in [1.29, 1.82) is 0 Å². The van der Waals surface area contributed by atoms with Gasteiger partial charge in [-0.2, -0.15) is 0 Å². The van der Waals surface area contributed by atoms with Gasteiger partial charge < -0.3 is 10.6 Å². The minimum atomic E-state index is 0.665. The first-order valence-electron chi connectivity index (χ1n) is 6.43. The van der Waals surface area contributed by atoms with Crippen molar-refractivity contribution >= 4 is 16.5 Å². The first-order chi connectivity index (χ1) is 8.35. The van der Waals surface area contributed by atoms with Gasteiger partial charge in [0.05, 0.1) is 0 Å². The van der Waals surface area contributed by atoms with Crippen LogP contribution in [0.25, 0.3) is 0 Å². The number of nitrogens with two attached hydrogens (primary N) is 1. The van der Waals surface area contributed by atoms with Gasteiger partial charge in [-0.25, -0.2) is 4.98 Å². The highest BCUT2D eigenvalue weighted by molar-refractivity contribution is 7.13. The smallest absolute Gasteiger partial charge is 0.185 e. The van der Waals surface area contributed by atoms with Crippen molar-refractivity contribution in [3.8, 4) is 0 Å². The molecule has 0 radical (unpaired) electrons. The van der Waals surface area contributed by atoms with Crippen LogP contribution in [0.5, 0.6) is 0 Å². The van der Waals surface area contributed by atoms with Crippen molar-refractivity contribution in [2.75, 3.05) is 37.6 Å². The molecule has 1 aliphatic rings. The molecule has 0 saturated carbocycles. The van der Waals surface area contributed by atoms with Crippen LogP contribution in [0.2, 0.25) is 0 Å². The number of nitrogens with zero attached hydrogens (tertiary/aromatic N) is 3. The Hall–Kier alpha value is -0.650. The van der Waals surface area contributed by atoms with Crippen LogP contribution in [-0.4, -0.2) is 48.6 Å². The fourth-order valence-electron chi connectivity index (χ4n) is 2.49. The van der Waals surface area contributed by atoms with E-state index in [4.69, 9.17) is 5.73 Å². The van der Waals surface area contributed by atoms with Crippen LogP contribution in [-0.2, 0) is 0 Å². The summed E-state index contributed by atoms with van der Waals surface area (Å²) >= 11 is 1.73. The van der Waals surface area contributed by atoms with Crippen LogP contribution < -0.4 is 10.6 Å². The summed E-state index contributed by atoms with van der Waals surface area (Å²) < 4.78 is 0. The summed E-state index contributed by atoms with van der Waals surface area (Å²) in [5.41, 5.74) is 5.67. The first kappa shape index (κ1) is 12.8. The molecule has 1 atom stereocenters. The Balaban J connectivity index is 1.85. The van der Waals surface area contributed by atoms with Gasteiger partial charge in [0.1, 0.15) is 0 Å². The molecule has 0 amide bonds. The maximum atomic E-state index is 5.67. The quantitative estimate of drug-likeness (QED) is 0.862. The molecule has 4 nitrogen and oxygen atoms in total. The van der Waals surface area contributed by atoms with Gasteiger partial charge in [0.25, 0.3) is 0 Å². The molecule has 0 bridgehead atoms. The highest BCUT2D eigenvalue weighted by Gasteiger charge is 2.23. The van der Waals surface area contributed by atoms with Gasteiger partial charge >= 0.3 is 0 Å². The van der Waals surface area contributed by atoms with Crippen molar-refractivity contribution in [3.05, 3.63) is 11.6 Å². The zero-order chi connectivity index (χ0) is 12.1. The Morgan fingerprint density at radius 1 is 1.41 bits per heavy atom. The van der Waals surface area contributed by atoms with E-state index in [0.717, 1.165) is 44.3 Å². The normalized spacial score (nSPS) is 19.5. The third kappa shape index (κ3) is 3.18. The van der Waals surface area contributed by atoms with Crippen LogP contribution in [0.3, 0.4) is 0 Å². The summed E-state index contributed by atoms with van der Waals surface area (Å²) in [6.45, 7) is 7.51. The molecule has 1 saturated heterocycles. The third-order valence-electron chi connectivity index (χ3n) is 3.49. The Morgan fingerprint density at radius 2 is 2.18 bits per heavy atom. The molecule has 96 valence electrons. The lowest BCUT2D eigenvalue weighted by molar-refractivity contribution is 0.173. The Bertz CT molecular complexity index is 306. The number of hydrogen-bond donors (Lipinski definition) is 1. The molecule has 1 aromatic heterocycles. The minimum absolute atomic E-state index is 0.665. The number of piperazine rings is 1. The predicted octanol–water partition coefficient (Wildman–Crippen LogP) is 1.39. The molecule has 1 aromatic rings. The molecule has 0 aliphatic carbocycles. The van der Waals surface area contributed by atoms with Crippen molar-refractivity contribution in [2.45, 2.75) is 25.8 Å². The molecule has 2 rings (SSSR count). The fraction of sp³-hybridized carbons (Fsp3) is 0.750. The Labute approximate surface area is 107 Å². The van der Waals surface area contributed by atoms with E-state index < -0.39 is 0 Å². The molecule has 2 N–H and O–H groups in total. The summed E-state index contributed by atoms with van der Waals surface area (Å²) in [5.74, 6) is 0. The summed E-state index contributed by atoms with van der Waals surface area (Å²) in [6, 6.07) is 0.665. The summed E-state index contributed by atoms with van der Waals surface area (Å²) in [6.07, 6.45) is 4.21. The first-order valence-corrected chi connectivity index (χ1v) is 7.31. The van der Waals surface area contributed by atoms with Gasteiger partial charge in [0.15, 0.2) is 5.13 Å². The van der Waals surface area contributed by atoms with Crippen LogP contribution in [0, 0.1) is 0 Å². The van der Waals surface area contributed by atoms with Crippen LogP contribution in [0.15, 0.2) is 11.6 Å². The molecule has 0 aromatic carbocycles. The molecule has 0 spiro atoms. The maximum absolute atomic E-state index is 5.67. The second kappa shape index (κ2) is 6.33. The highest BCUT2D eigenvalue weighted by Crippen LogP contribution is 2.20. The Morgan fingerprint density at radius 3 is 2.71 bits per heavy atom. The maximum Gasteiger partial charge on any atom is 0.185 e. The molecule has 1 unspecified atom stereocenters. The second-order valence-corrected chi connectivity index (χ2v) is 5.35. The molecule has 2 heterocycles. The summed E-state index contributed by atoms with van der Waals surface area (Å²) in [7, 11) is 0. The average Bonchev–Trinajstić information content (AvgIpc) is 2.90. The summed E-state index contributed by atoms with van der Waals surface area (Å²) in [5, 5.41) is 3.21. The molecule has 1 aliphatic heterocycles. The van der Waals surface area contributed by atoms with Gasteiger partial charge in [-0.05, 0) is 19.4 Å². The van der Waals surface area contributed by atoms with E-state index in [-0.39, 0.29) is 0 Å². The Kier molecular flexibility index (Phi) is 4.76. The number of hydrogen-bond acceptors (Lipinski definition) is 5. The molecule has 5 heteroatoms. The van der Waals surface area contributed by atoms with Crippen LogP contribution in [0.1, 0.15) is 19.8 Å². The molecule has 1 fully saturated rings. The molecular formula is C12H22N4S. The topological polar surface area (TPSA) is 45.4 Å². The third-order valence-corrected chi connectivity index (χ3v) is 4.32. The van der Waals surface area contributed by atoms with Crippen molar-refractivity contribution in [2.24, 2.45) is 5.73 Å². The van der Waals surface area contributed by atoms with E-state index >= 15 is 0 Å². The monoisotopic (exact) mass is 254 g/mol. The zero-order valence-corrected chi connectivity index (χ0v) is 11.3. The lowest BCUT2D eigenvalue weighted by Crippen LogP contribution is -2.50. The molecular weight excluding hydrogens is 232 g/mol.